The average molecular weight is 429 g/mol. The van der Waals surface area contributed by atoms with Crippen LogP contribution < -0.4 is 9.64 Å². The van der Waals surface area contributed by atoms with E-state index in [1.807, 2.05) is 32.0 Å². The maximum Gasteiger partial charge on any atom is 0.344 e. The van der Waals surface area contributed by atoms with E-state index >= 15 is 0 Å². The van der Waals surface area contributed by atoms with Gasteiger partial charge in [-0.2, -0.15) is 0 Å². The molecule has 2 aromatic rings. The molecule has 7 nitrogen and oxygen atoms in total. The smallest absolute Gasteiger partial charge is 0.344 e. The fourth-order valence-corrected chi connectivity index (χ4v) is 4.35. The molecule has 1 unspecified atom stereocenters. The molecule has 1 aliphatic heterocycles. The summed E-state index contributed by atoms with van der Waals surface area (Å²) in [6.07, 6.45) is 1.46. The van der Waals surface area contributed by atoms with E-state index < -0.39 is 34.4 Å². The first-order valence-corrected chi connectivity index (χ1v) is 11.1. The van der Waals surface area contributed by atoms with Crippen molar-refractivity contribution in [1.82, 2.24) is 0 Å². The molecule has 0 aliphatic carbocycles. The number of rotatable bonds is 7. The Labute approximate surface area is 175 Å². The Balaban J connectivity index is 1.62. The number of amides is 1. The maximum atomic E-state index is 12.8. The van der Waals surface area contributed by atoms with E-state index in [2.05, 4.69) is 0 Å². The Bertz CT molecular complexity index is 1060. The van der Waals surface area contributed by atoms with Crippen LogP contribution in [-0.4, -0.2) is 45.3 Å². The highest BCUT2D eigenvalue weighted by atomic mass is 32.2. The van der Waals surface area contributed by atoms with Crippen LogP contribution in [0.1, 0.15) is 11.1 Å². The standard InChI is InChI=1S/C22H23NO6S/c1-16-8-9-17(2)20(12-16)28-14-22(25)29-13-21(24)23(18-6-4-3-5-7-18)19-10-11-30(26,27)15-19/h3-12,19H,13-15H2,1-2H3. The van der Waals surface area contributed by atoms with Gasteiger partial charge in [-0.25, -0.2) is 13.2 Å². The van der Waals surface area contributed by atoms with Crippen molar-refractivity contribution in [3.8, 4) is 5.75 Å². The zero-order valence-corrected chi connectivity index (χ0v) is 17.6. The predicted octanol–water partition coefficient (Wildman–Crippen LogP) is 2.57. The fraction of sp³-hybridized carbons (Fsp3) is 0.273. The number of aryl methyl sites for hydroxylation is 2. The largest absolute Gasteiger partial charge is 0.482 e. The molecule has 1 heterocycles. The predicted molar refractivity (Wildman–Crippen MR) is 113 cm³/mol. The first-order chi connectivity index (χ1) is 14.2. The number of sulfone groups is 1. The Hall–Kier alpha value is -3.13. The van der Waals surface area contributed by atoms with Gasteiger partial charge in [0, 0.05) is 11.1 Å². The number of carbonyl (C=O) groups excluding carboxylic acids is 2. The number of para-hydroxylation sites is 1. The molecule has 0 fully saturated rings. The van der Waals surface area contributed by atoms with Crippen LogP contribution in [0.15, 0.2) is 60.0 Å². The number of carbonyl (C=O) groups is 2. The first-order valence-electron chi connectivity index (χ1n) is 9.39. The monoisotopic (exact) mass is 429 g/mol. The topological polar surface area (TPSA) is 90.0 Å². The van der Waals surface area contributed by atoms with Gasteiger partial charge in [-0.3, -0.25) is 4.79 Å². The summed E-state index contributed by atoms with van der Waals surface area (Å²) >= 11 is 0. The summed E-state index contributed by atoms with van der Waals surface area (Å²) in [5.41, 5.74) is 2.41. The molecule has 8 heteroatoms. The van der Waals surface area contributed by atoms with Gasteiger partial charge in [-0.1, -0.05) is 30.3 Å². The molecule has 0 saturated heterocycles. The molecule has 158 valence electrons. The second kappa shape index (κ2) is 9.13. The summed E-state index contributed by atoms with van der Waals surface area (Å²) in [4.78, 5) is 26.2. The molecule has 1 aliphatic rings. The van der Waals surface area contributed by atoms with Gasteiger partial charge >= 0.3 is 5.97 Å². The quantitative estimate of drug-likeness (QED) is 0.629. The van der Waals surface area contributed by atoms with E-state index in [1.165, 1.54) is 11.0 Å². The van der Waals surface area contributed by atoms with Gasteiger partial charge in [0.05, 0.1) is 11.8 Å². The Morgan fingerprint density at radius 2 is 1.80 bits per heavy atom. The van der Waals surface area contributed by atoms with Gasteiger partial charge in [0.15, 0.2) is 23.1 Å². The lowest BCUT2D eigenvalue weighted by Gasteiger charge is -2.27. The molecule has 0 N–H and O–H groups in total. The number of nitrogens with zero attached hydrogens (tertiary/aromatic N) is 1. The van der Waals surface area contributed by atoms with E-state index in [4.69, 9.17) is 9.47 Å². The van der Waals surface area contributed by atoms with Gasteiger partial charge in [0.25, 0.3) is 5.91 Å². The van der Waals surface area contributed by atoms with Crippen molar-refractivity contribution in [2.75, 3.05) is 23.9 Å². The maximum absolute atomic E-state index is 12.8. The minimum absolute atomic E-state index is 0.211. The van der Waals surface area contributed by atoms with Crippen molar-refractivity contribution in [3.63, 3.8) is 0 Å². The van der Waals surface area contributed by atoms with Crippen molar-refractivity contribution in [2.24, 2.45) is 0 Å². The van der Waals surface area contributed by atoms with Gasteiger partial charge in [0.2, 0.25) is 0 Å². The number of esters is 1. The van der Waals surface area contributed by atoms with Crippen LogP contribution in [0.2, 0.25) is 0 Å². The van der Waals surface area contributed by atoms with Crippen LogP contribution in [0.3, 0.4) is 0 Å². The van der Waals surface area contributed by atoms with E-state index in [-0.39, 0.29) is 12.4 Å². The van der Waals surface area contributed by atoms with Crippen LogP contribution in [0.4, 0.5) is 5.69 Å². The molecule has 30 heavy (non-hydrogen) atoms. The highest BCUT2D eigenvalue weighted by Crippen LogP contribution is 2.23. The second-order valence-electron chi connectivity index (χ2n) is 7.04. The molecule has 0 saturated carbocycles. The summed E-state index contributed by atoms with van der Waals surface area (Å²) in [7, 11) is -3.36. The summed E-state index contributed by atoms with van der Waals surface area (Å²) in [6, 6.07) is 13.7. The third-order valence-corrected chi connectivity index (χ3v) is 5.97. The summed E-state index contributed by atoms with van der Waals surface area (Å²) < 4.78 is 34.2. The second-order valence-corrected chi connectivity index (χ2v) is 8.97. The highest BCUT2D eigenvalue weighted by molar-refractivity contribution is 7.94. The molecular formula is C22H23NO6S. The summed E-state index contributed by atoms with van der Waals surface area (Å²) in [5, 5.41) is 1.10. The molecule has 3 rings (SSSR count). The minimum Gasteiger partial charge on any atom is -0.482 e. The van der Waals surface area contributed by atoms with Gasteiger partial charge in [-0.15, -0.1) is 0 Å². The molecular weight excluding hydrogens is 406 g/mol. The number of hydrogen-bond donors (Lipinski definition) is 0. The molecule has 0 bridgehead atoms. The zero-order chi connectivity index (χ0) is 21.7. The molecule has 0 spiro atoms. The van der Waals surface area contributed by atoms with Crippen molar-refractivity contribution in [2.45, 2.75) is 19.9 Å². The normalized spacial score (nSPS) is 16.8. The lowest BCUT2D eigenvalue weighted by molar-refractivity contribution is -0.149. The van der Waals surface area contributed by atoms with Crippen molar-refractivity contribution in [1.29, 1.82) is 0 Å². The number of anilines is 1. The van der Waals surface area contributed by atoms with Crippen molar-refractivity contribution < 1.29 is 27.5 Å². The molecule has 0 radical (unpaired) electrons. The lowest BCUT2D eigenvalue weighted by atomic mass is 10.1. The molecule has 2 aromatic carbocycles. The van der Waals surface area contributed by atoms with E-state index in [9.17, 15) is 18.0 Å². The zero-order valence-electron chi connectivity index (χ0n) is 16.8. The van der Waals surface area contributed by atoms with Crippen LogP contribution in [0.25, 0.3) is 0 Å². The third-order valence-electron chi connectivity index (χ3n) is 4.59. The van der Waals surface area contributed by atoms with Crippen molar-refractivity contribution >= 4 is 27.4 Å². The fourth-order valence-electron chi connectivity index (χ4n) is 3.08. The van der Waals surface area contributed by atoms with Gasteiger partial charge < -0.3 is 14.4 Å². The van der Waals surface area contributed by atoms with E-state index in [0.717, 1.165) is 16.5 Å². The lowest BCUT2D eigenvalue weighted by Crippen LogP contribution is -2.43. The highest BCUT2D eigenvalue weighted by Gasteiger charge is 2.31. The number of hydrogen-bond acceptors (Lipinski definition) is 6. The average Bonchev–Trinajstić information content (AvgIpc) is 3.07. The summed E-state index contributed by atoms with van der Waals surface area (Å²) in [5.74, 6) is -0.845. The molecule has 1 amide bonds. The third kappa shape index (κ3) is 5.48. The number of ether oxygens (including phenoxy) is 2. The SMILES string of the molecule is Cc1ccc(C)c(OCC(=O)OCC(=O)N(c2ccccc2)C2C=CS(=O)(=O)C2)c1. The van der Waals surface area contributed by atoms with Gasteiger partial charge in [-0.05, 0) is 49.2 Å². The van der Waals surface area contributed by atoms with Crippen LogP contribution in [0.5, 0.6) is 5.75 Å². The minimum atomic E-state index is -3.36. The van der Waals surface area contributed by atoms with E-state index in [0.29, 0.717) is 11.4 Å². The van der Waals surface area contributed by atoms with Crippen LogP contribution in [-0.2, 0) is 24.2 Å². The van der Waals surface area contributed by atoms with Crippen LogP contribution >= 0.6 is 0 Å². The van der Waals surface area contributed by atoms with Gasteiger partial charge in [0.1, 0.15) is 5.75 Å². The Morgan fingerprint density at radius 1 is 1.07 bits per heavy atom. The van der Waals surface area contributed by atoms with Crippen LogP contribution in [0, 0.1) is 13.8 Å². The van der Waals surface area contributed by atoms with Crippen molar-refractivity contribution in [3.05, 3.63) is 71.1 Å². The first kappa shape index (κ1) is 21.6. The molecule has 1 atom stereocenters. The molecule has 0 aromatic heterocycles. The summed E-state index contributed by atoms with van der Waals surface area (Å²) in [6.45, 7) is 2.93. The Kier molecular flexibility index (Phi) is 6.56. The Morgan fingerprint density at radius 3 is 2.47 bits per heavy atom. The van der Waals surface area contributed by atoms with E-state index in [1.54, 1.807) is 30.3 Å². The number of benzene rings is 2.